The first kappa shape index (κ1) is 17.4. The first-order valence-electron chi connectivity index (χ1n) is 9.13. The molecule has 0 saturated heterocycles. The van der Waals surface area contributed by atoms with Gasteiger partial charge in [0.1, 0.15) is 0 Å². The van der Waals surface area contributed by atoms with Gasteiger partial charge < -0.3 is 15.1 Å². The van der Waals surface area contributed by atoms with E-state index in [2.05, 4.69) is 20.8 Å². The number of hydrogen-bond donors (Lipinski definition) is 2. The van der Waals surface area contributed by atoms with Crippen LogP contribution in [0.3, 0.4) is 0 Å². The summed E-state index contributed by atoms with van der Waals surface area (Å²) in [5, 5.41) is 14.1. The lowest BCUT2D eigenvalue weighted by Crippen LogP contribution is -2.25. The van der Waals surface area contributed by atoms with Crippen LogP contribution in [0.15, 0.2) is 46.9 Å². The zero-order valence-corrected chi connectivity index (χ0v) is 15.5. The average molecular weight is 362 g/mol. The largest absolute Gasteiger partial charge is 0.419 e. The Morgan fingerprint density at radius 1 is 1.11 bits per heavy atom. The summed E-state index contributed by atoms with van der Waals surface area (Å²) in [5.74, 6) is 1.06. The van der Waals surface area contributed by atoms with Crippen molar-refractivity contribution in [1.29, 1.82) is 0 Å². The number of benzene rings is 2. The highest BCUT2D eigenvalue weighted by Crippen LogP contribution is 2.28. The van der Waals surface area contributed by atoms with Crippen LogP contribution in [0.4, 0.5) is 0 Å². The van der Waals surface area contributed by atoms with E-state index in [4.69, 9.17) is 4.42 Å². The van der Waals surface area contributed by atoms with Crippen LogP contribution in [-0.2, 0) is 6.54 Å². The van der Waals surface area contributed by atoms with E-state index < -0.39 is 0 Å². The Kier molecular flexibility index (Phi) is 4.73. The van der Waals surface area contributed by atoms with Crippen LogP contribution in [0.25, 0.3) is 22.6 Å². The molecule has 27 heavy (non-hydrogen) atoms. The van der Waals surface area contributed by atoms with Crippen LogP contribution in [0.1, 0.15) is 34.7 Å². The molecule has 138 valence electrons. The summed E-state index contributed by atoms with van der Waals surface area (Å²) in [6, 6.07) is 14.1. The van der Waals surface area contributed by atoms with Crippen molar-refractivity contribution in [2.24, 2.45) is 0 Å². The summed E-state index contributed by atoms with van der Waals surface area (Å²) in [4.78, 5) is 12.3. The Morgan fingerprint density at radius 3 is 2.56 bits per heavy atom. The SMILES string of the molecule is CNCc1nnc(-c2ccc(-c3cc(C(=O)NC4CC4)ccc3C)cc2)o1. The van der Waals surface area contributed by atoms with Crippen LogP contribution in [0.5, 0.6) is 0 Å². The van der Waals surface area contributed by atoms with Gasteiger partial charge in [-0.25, -0.2) is 0 Å². The van der Waals surface area contributed by atoms with Gasteiger partial charge in [-0.2, -0.15) is 0 Å². The molecule has 1 fully saturated rings. The zero-order chi connectivity index (χ0) is 18.8. The summed E-state index contributed by atoms with van der Waals surface area (Å²) in [7, 11) is 1.83. The third-order valence-electron chi connectivity index (χ3n) is 4.65. The van der Waals surface area contributed by atoms with E-state index >= 15 is 0 Å². The second kappa shape index (κ2) is 7.32. The number of amides is 1. The van der Waals surface area contributed by atoms with E-state index in [0.717, 1.165) is 35.1 Å². The van der Waals surface area contributed by atoms with Crippen LogP contribution in [0.2, 0.25) is 0 Å². The van der Waals surface area contributed by atoms with Crippen molar-refractivity contribution in [1.82, 2.24) is 20.8 Å². The average Bonchev–Trinajstić information content (AvgIpc) is 3.37. The highest BCUT2D eigenvalue weighted by atomic mass is 16.4. The number of carbonyl (C=O) groups is 1. The zero-order valence-electron chi connectivity index (χ0n) is 15.5. The highest BCUT2D eigenvalue weighted by molar-refractivity contribution is 5.96. The number of carbonyl (C=O) groups excluding carboxylic acids is 1. The first-order valence-corrected chi connectivity index (χ1v) is 9.13. The van der Waals surface area contributed by atoms with Gasteiger partial charge in [0, 0.05) is 17.2 Å². The number of hydrogen-bond acceptors (Lipinski definition) is 5. The number of nitrogens with zero attached hydrogens (tertiary/aromatic N) is 2. The lowest BCUT2D eigenvalue weighted by molar-refractivity contribution is 0.0951. The van der Waals surface area contributed by atoms with Crippen molar-refractivity contribution < 1.29 is 9.21 Å². The summed E-state index contributed by atoms with van der Waals surface area (Å²) in [6.45, 7) is 2.59. The Bertz CT molecular complexity index is 959. The molecule has 1 saturated carbocycles. The molecule has 0 bridgehead atoms. The maximum absolute atomic E-state index is 12.3. The number of rotatable bonds is 6. The molecule has 2 aromatic carbocycles. The monoisotopic (exact) mass is 362 g/mol. The molecule has 4 rings (SSSR count). The van der Waals surface area contributed by atoms with Gasteiger partial charge in [0.15, 0.2) is 0 Å². The van der Waals surface area contributed by atoms with Crippen LogP contribution < -0.4 is 10.6 Å². The van der Waals surface area contributed by atoms with E-state index in [9.17, 15) is 4.79 Å². The van der Waals surface area contributed by atoms with Crippen LogP contribution in [-0.4, -0.2) is 29.2 Å². The molecule has 0 atom stereocenters. The summed E-state index contributed by atoms with van der Waals surface area (Å²) >= 11 is 0. The molecule has 1 aliphatic carbocycles. The lowest BCUT2D eigenvalue weighted by Gasteiger charge is -2.10. The van der Waals surface area contributed by atoms with Crippen LogP contribution >= 0.6 is 0 Å². The molecular weight excluding hydrogens is 340 g/mol. The van der Waals surface area contributed by atoms with E-state index in [1.54, 1.807) is 0 Å². The lowest BCUT2D eigenvalue weighted by atomic mass is 9.97. The van der Waals surface area contributed by atoms with Gasteiger partial charge in [-0.15, -0.1) is 10.2 Å². The molecule has 6 heteroatoms. The molecule has 1 amide bonds. The molecule has 1 aliphatic rings. The third kappa shape index (κ3) is 3.90. The molecule has 2 N–H and O–H groups in total. The topological polar surface area (TPSA) is 80.0 Å². The molecule has 3 aromatic rings. The van der Waals surface area contributed by atoms with Gasteiger partial charge in [0.05, 0.1) is 6.54 Å². The van der Waals surface area contributed by atoms with Crippen molar-refractivity contribution in [3.8, 4) is 22.6 Å². The third-order valence-corrected chi connectivity index (χ3v) is 4.65. The predicted molar refractivity (Wildman–Crippen MR) is 103 cm³/mol. The Morgan fingerprint density at radius 2 is 1.85 bits per heavy atom. The fourth-order valence-electron chi connectivity index (χ4n) is 2.96. The van der Waals surface area contributed by atoms with Gasteiger partial charge in [0.25, 0.3) is 5.91 Å². The van der Waals surface area contributed by atoms with Crippen LogP contribution in [0, 0.1) is 6.92 Å². The summed E-state index contributed by atoms with van der Waals surface area (Å²) in [6.07, 6.45) is 2.16. The minimum atomic E-state index is -0.00158. The van der Waals surface area contributed by atoms with Crippen molar-refractivity contribution in [2.75, 3.05) is 7.05 Å². The Balaban J connectivity index is 1.58. The molecule has 6 nitrogen and oxygen atoms in total. The standard InChI is InChI=1S/C21H22N4O2/c1-13-3-4-16(20(26)23-17-9-10-17)11-18(13)14-5-7-15(8-6-14)21-25-24-19(27-21)12-22-2/h3-8,11,17,22H,9-10,12H2,1-2H3,(H,23,26). The molecule has 0 radical (unpaired) electrons. The van der Waals surface area contributed by atoms with Gasteiger partial charge in [-0.05, 0) is 67.8 Å². The fourth-order valence-corrected chi connectivity index (χ4v) is 2.96. The summed E-state index contributed by atoms with van der Waals surface area (Å²) in [5.41, 5.74) is 4.78. The van der Waals surface area contributed by atoms with Gasteiger partial charge in [0.2, 0.25) is 11.8 Å². The minimum absolute atomic E-state index is 0.00158. The number of aryl methyl sites for hydroxylation is 1. The van der Waals surface area contributed by atoms with E-state index in [1.807, 2.05) is 56.4 Å². The molecule has 0 aliphatic heterocycles. The van der Waals surface area contributed by atoms with E-state index in [-0.39, 0.29) is 5.91 Å². The summed E-state index contributed by atoms with van der Waals surface area (Å²) < 4.78 is 5.64. The van der Waals surface area contributed by atoms with Gasteiger partial charge in [-0.1, -0.05) is 18.2 Å². The van der Waals surface area contributed by atoms with Crippen molar-refractivity contribution in [2.45, 2.75) is 32.4 Å². The van der Waals surface area contributed by atoms with Crippen molar-refractivity contribution in [3.63, 3.8) is 0 Å². The van der Waals surface area contributed by atoms with Gasteiger partial charge in [-0.3, -0.25) is 4.79 Å². The Hall–Kier alpha value is -2.99. The fraction of sp³-hybridized carbons (Fsp3) is 0.286. The predicted octanol–water partition coefficient (Wildman–Crippen LogP) is 3.32. The molecule has 1 aromatic heterocycles. The molecule has 0 unspecified atom stereocenters. The second-order valence-electron chi connectivity index (χ2n) is 6.89. The van der Waals surface area contributed by atoms with Crippen molar-refractivity contribution >= 4 is 5.91 Å². The Labute approximate surface area is 158 Å². The molecule has 0 spiro atoms. The molecule has 1 heterocycles. The second-order valence-corrected chi connectivity index (χ2v) is 6.89. The first-order chi connectivity index (χ1) is 13.1. The maximum atomic E-state index is 12.3. The smallest absolute Gasteiger partial charge is 0.251 e. The number of aromatic nitrogens is 2. The van der Waals surface area contributed by atoms with E-state index in [0.29, 0.717) is 29.9 Å². The number of nitrogens with one attached hydrogen (secondary N) is 2. The minimum Gasteiger partial charge on any atom is -0.419 e. The molecular formula is C21H22N4O2. The maximum Gasteiger partial charge on any atom is 0.251 e. The highest BCUT2D eigenvalue weighted by Gasteiger charge is 2.24. The normalized spacial score (nSPS) is 13.6. The van der Waals surface area contributed by atoms with Gasteiger partial charge >= 0.3 is 0 Å². The van der Waals surface area contributed by atoms with E-state index in [1.165, 1.54) is 0 Å². The quantitative estimate of drug-likeness (QED) is 0.703. The van der Waals surface area contributed by atoms with Crippen molar-refractivity contribution in [3.05, 3.63) is 59.5 Å².